The lowest BCUT2D eigenvalue weighted by molar-refractivity contribution is 0.0697. The zero-order chi connectivity index (χ0) is 14.7. The van der Waals surface area contributed by atoms with E-state index in [0.29, 0.717) is 5.82 Å². The maximum atomic E-state index is 11.2. The van der Waals surface area contributed by atoms with E-state index < -0.39 is 5.97 Å². The highest BCUT2D eigenvalue weighted by Gasteiger charge is 2.14. The van der Waals surface area contributed by atoms with Crippen molar-refractivity contribution >= 4 is 11.8 Å². The van der Waals surface area contributed by atoms with Crippen molar-refractivity contribution < 1.29 is 14.6 Å². The average Bonchev–Trinajstić information content (AvgIpc) is 2.46. The highest BCUT2D eigenvalue weighted by Crippen LogP contribution is 2.25. The number of carboxylic acids is 1. The molecule has 104 valence electrons. The topological polar surface area (TPSA) is 62.7 Å². The number of benzene rings is 1. The van der Waals surface area contributed by atoms with Crippen molar-refractivity contribution in [2.45, 2.75) is 0 Å². The van der Waals surface area contributed by atoms with Gasteiger partial charge in [-0.15, -0.1) is 0 Å². The van der Waals surface area contributed by atoms with Crippen LogP contribution >= 0.6 is 0 Å². The Morgan fingerprint density at radius 3 is 2.30 bits per heavy atom. The lowest BCUT2D eigenvalue weighted by Gasteiger charge is -2.15. The zero-order valence-electron chi connectivity index (χ0n) is 11.6. The van der Waals surface area contributed by atoms with Crippen molar-refractivity contribution in [2.75, 3.05) is 26.1 Å². The smallest absolute Gasteiger partial charge is 0.339 e. The van der Waals surface area contributed by atoms with E-state index in [-0.39, 0.29) is 5.56 Å². The molecule has 0 bridgehead atoms. The van der Waals surface area contributed by atoms with Gasteiger partial charge in [-0.3, -0.25) is 0 Å². The summed E-state index contributed by atoms with van der Waals surface area (Å²) in [4.78, 5) is 17.3. The standard InChI is InChI=1S/C15H16N2O3/c1-17(2)14-12(15(18)19)8-9-13(16-14)10-4-6-11(20-3)7-5-10/h4-9H,1-3H3,(H,18,19). The predicted octanol–water partition coefficient (Wildman–Crippen LogP) is 2.52. The number of carboxylic acid groups (broad SMARTS) is 1. The van der Waals surface area contributed by atoms with E-state index in [9.17, 15) is 4.79 Å². The molecule has 1 aromatic heterocycles. The first-order valence-electron chi connectivity index (χ1n) is 6.09. The normalized spacial score (nSPS) is 10.2. The first kappa shape index (κ1) is 13.9. The van der Waals surface area contributed by atoms with Crippen molar-refractivity contribution in [2.24, 2.45) is 0 Å². The van der Waals surface area contributed by atoms with Crippen LogP contribution in [0, 0.1) is 0 Å². The minimum atomic E-state index is -0.984. The molecule has 5 heteroatoms. The van der Waals surface area contributed by atoms with Crippen LogP contribution in [0.25, 0.3) is 11.3 Å². The lowest BCUT2D eigenvalue weighted by Crippen LogP contribution is -2.16. The van der Waals surface area contributed by atoms with Crippen molar-refractivity contribution in [1.29, 1.82) is 0 Å². The van der Waals surface area contributed by atoms with E-state index in [4.69, 9.17) is 9.84 Å². The van der Waals surface area contributed by atoms with Gasteiger partial charge in [0.05, 0.1) is 12.8 Å². The number of aromatic nitrogens is 1. The Labute approximate surface area is 117 Å². The van der Waals surface area contributed by atoms with Crippen LogP contribution in [-0.4, -0.2) is 37.3 Å². The summed E-state index contributed by atoms with van der Waals surface area (Å²) in [5.74, 6) is 0.219. The molecule has 2 rings (SSSR count). The summed E-state index contributed by atoms with van der Waals surface area (Å²) in [5.41, 5.74) is 1.82. The third-order valence-electron chi connectivity index (χ3n) is 2.91. The molecule has 0 fully saturated rings. The number of methoxy groups -OCH3 is 1. The molecule has 0 radical (unpaired) electrons. The lowest BCUT2D eigenvalue weighted by atomic mass is 10.1. The summed E-state index contributed by atoms with van der Waals surface area (Å²) in [6.45, 7) is 0. The maximum absolute atomic E-state index is 11.2. The van der Waals surface area contributed by atoms with Crippen LogP contribution < -0.4 is 9.64 Å². The monoisotopic (exact) mass is 272 g/mol. The molecule has 0 saturated carbocycles. The van der Waals surface area contributed by atoms with Crippen molar-refractivity contribution in [1.82, 2.24) is 4.98 Å². The molecule has 1 aromatic carbocycles. The van der Waals surface area contributed by atoms with Crippen LogP contribution in [0.5, 0.6) is 5.75 Å². The fraction of sp³-hybridized carbons (Fsp3) is 0.200. The Kier molecular flexibility index (Phi) is 3.89. The predicted molar refractivity (Wildman–Crippen MR) is 77.5 cm³/mol. The number of hydrogen-bond acceptors (Lipinski definition) is 4. The molecule has 20 heavy (non-hydrogen) atoms. The van der Waals surface area contributed by atoms with Gasteiger partial charge in [-0.2, -0.15) is 0 Å². The number of anilines is 1. The van der Waals surface area contributed by atoms with Crippen molar-refractivity contribution in [3.8, 4) is 17.0 Å². The van der Waals surface area contributed by atoms with E-state index in [2.05, 4.69) is 4.98 Å². The van der Waals surface area contributed by atoms with Crippen molar-refractivity contribution in [3.05, 3.63) is 42.0 Å². The molecular weight excluding hydrogens is 256 g/mol. The maximum Gasteiger partial charge on any atom is 0.339 e. The van der Waals surface area contributed by atoms with Gasteiger partial charge in [0.2, 0.25) is 0 Å². The Morgan fingerprint density at radius 1 is 1.15 bits per heavy atom. The largest absolute Gasteiger partial charge is 0.497 e. The summed E-state index contributed by atoms with van der Waals surface area (Å²) >= 11 is 0. The molecule has 0 unspecified atom stereocenters. The molecule has 2 aromatic rings. The molecule has 0 aliphatic carbocycles. The molecular formula is C15H16N2O3. The molecule has 5 nitrogen and oxygen atoms in total. The van der Waals surface area contributed by atoms with Crippen LogP contribution in [-0.2, 0) is 0 Å². The quantitative estimate of drug-likeness (QED) is 0.926. The number of aromatic carboxylic acids is 1. The molecule has 0 amide bonds. The van der Waals surface area contributed by atoms with Gasteiger partial charge >= 0.3 is 5.97 Å². The number of hydrogen-bond donors (Lipinski definition) is 1. The minimum absolute atomic E-state index is 0.187. The van der Waals surface area contributed by atoms with Gasteiger partial charge in [0, 0.05) is 19.7 Å². The molecule has 0 saturated heterocycles. The number of ether oxygens (including phenoxy) is 1. The van der Waals surface area contributed by atoms with E-state index in [0.717, 1.165) is 17.0 Å². The van der Waals surface area contributed by atoms with Crippen LogP contribution in [0.15, 0.2) is 36.4 Å². The molecule has 1 N–H and O–H groups in total. The number of pyridine rings is 1. The van der Waals surface area contributed by atoms with Gasteiger partial charge in [-0.25, -0.2) is 9.78 Å². The van der Waals surface area contributed by atoms with Gasteiger partial charge in [0.1, 0.15) is 17.1 Å². The van der Waals surface area contributed by atoms with Crippen molar-refractivity contribution in [3.63, 3.8) is 0 Å². The summed E-state index contributed by atoms with van der Waals surface area (Å²) < 4.78 is 5.11. The van der Waals surface area contributed by atoms with E-state index in [1.807, 2.05) is 24.3 Å². The number of nitrogens with zero attached hydrogens (tertiary/aromatic N) is 2. The SMILES string of the molecule is COc1ccc(-c2ccc(C(=O)O)c(N(C)C)n2)cc1. The third-order valence-corrected chi connectivity index (χ3v) is 2.91. The number of rotatable bonds is 4. The highest BCUT2D eigenvalue weighted by atomic mass is 16.5. The minimum Gasteiger partial charge on any atom is -0.497 e. The van der Waals surface area contributed by atoms with Gasteiger partial charge < -0.3 is 14.7 Å². The molecule has 0 aliphatic heterocycles. The van der Waals surface area contributed by atoms with Gasteiger partial charge in [0.25, 0.3) is 0 Å². The average molecular weight is 272 g/mol. The second-order valence-corrected chi connectivity index (χ2v) is 4.50. The summed E-state index contributed by atoms with van der Waals surface area (Å²) in [5, 5.41) is 9.16. The van der Waals surface area contributed by atoms with E-state index >= 15 is 0 Å². The Bertz CT molecular complexity index is 622. The molecule has 1 heterocycles. The molecule has 0 atom stereocenters. The van der Waals surface area contributed by atoms with E-state index in [1.165, 1.54) is 0 Å². The van der Waals surface area contributed by atoms with Crippen LogP contribution in [0.1, 0.15) is 10.4 Å². The Hall–Kier alpha value is -2.56. The Balaban J connectivity index is 2.47. The number of carbonyl (C=O) groups is 1. The fourth-order valence-corrected chi connectivity index (χ4v) is 1.88. The third kappa shape index (κ3) is 2.71. The molecule has 0 spiro atoms. The second kappa shape index (κ2) is 5.61. The summed E-state index contributed by atoms with van der Waals surface area (Å²) in [7, 11) is 5.15. The highest BCUT2D eigenvalue weighted by molar-refractivity contribution is 5.93. The Morgan fingerprint density at radius 2 is 1.80 bits per heavy atom. The van der Waals surface area contributed by atoms with E-state index in [1.54, 1.807) is 38.2 Å². The summed E-state index contributed by atoms with van der Waals surface area (Å²) in [6.07, 6.45) is 0. The second-order valence-electron chi connectivity index (χ2n) is 4.50. The fourth-order valence-electron chi connectivity index (χ4n) is 1.88. The van der Waals surface area contributed by atoms with Gasteiger partial charge in [-0.05, 0) is 36.4 Å². The van der Waals surface area contributed by atoms with Crippen LogP contribution in [0.4, 0.5) is 5.82 Å². The van der Waals surface area contributed by atoms with Gasteiger partial charge in [0.15, 0.2) is 0 Å². The first-order chi connectivity index (χ1) is 9.52. The summed E-state index contributed by atoms with van der Waals surface area (Å²) in [6, 6.07) is 10.7. The van der Waals surface area contributed by atoms with Crippen LogP contribution in [0.3, 0.4) is 0 Å². The first-order valence-corrected chi connectivity index (χ1v) is 6.09. The van der Waals surface area contributed by atoms with Crippen LogP contribution in [0.2, 0.25) is 0 Å². The van der Waals surface area contributed by atoms with Gasteiger partial charge in [-0.1, -0.05) is 0 Å². The molecule has 0 aliphatic rings. The zero-order valence-corrected chi connectivity index (χ0v) is 11.6.